The Morgan fingerprint density at radius 3 is 2.44 bits per heavy atom. The molecule has 0 saturated heterocycles. The zero-order valence-electron chi connectivity index (χ0n) is 9.57. The fraction of sp³-hybridized carbons (Fsp3) is 0.250. The van der Waals surface area contributed by atoms with Crippen LogP contribution >= 0.6 is 34.8 Å². The summed E-state index contributed by atoms with van der Waals surface area (Å²) >= 11 is 16.9. The van der Waals surface area contributed by atoms with E-state index in [0.717, 1.165) is 5.56 Å². The van der Waals surface area contributed by atoms with E-state index >= 15 is 0 Å². The predicted octanol–water partition coefficient (Wildman–Crippen LogP) is 3.16. The highest BCUT2D eigenvalue weighted by Gasteiger charge is 2.33. The summed E-state index contributed by atoms with van der Waals surface area (Å²) in [5, 5.41) is 2.43. The van der Waals surface area contributed by atoms with Gasteiger partial charge in [0, 0.05) is 13.2 Å². The SMILES string of the molecule is CO[C@H](NC(=O)/C=C/c1ccccc1)C(Cl)(Cl)Cl. The third kappa shape index (κ3) is 5.27. The average molecular weight is 309 g/mol. The number of rotatable bonds is 4. The van der Waals surface area contributed by atoms with Crippen LogP contribution in [0.25, 0.3) is 6.08 Å². The molecule has 0 heterocycles. The van der Waals surface area contributed by atoms with Gasteiger partial charge in [0.2, 0.25) is 9.70 Å². The van der Waals surface area contributed by atoms with Crippen LogP contribution in [0.5, 0.6) is 0 Å². The molecule has 18 heavy (non-hydrogen) atoms. The minimum absolute atomic E-state index is 0.406. The van der Waals surface area contributed by atoms with E-state index in [0.29, 0.717) is 0 Å². The topological polar surface area (TPSA) is 38.3 Å². The number of hydrogen-bond acceptors (Lipinski definition) is 2. The van der Waals surface area contributed by atoms with E-state index in [1.807, 2.05) is 30.3 Å². The maximum absolute atomic E-state index is 11.6. The quantitative estimate of drug-likeness (QED) is 0.527. The Morgan fingerprint density at radius 2 is 1.94 bits per heavy atom. The number of nitrogens with one attached hydrogen (secondary N) is 1. The van der Waals surface area contributed by atoms with Crippen LogP contribution in [-0.4, -0.2) is 23.0 Å². The molecule has 0 fully saturated rings. The summed E-state index contributed by atoms with van der Waals surface area (Å²) in [6, 6.07) is 9.37. The number of alkyl halides is 3. The molecule has 0 unspecified atom stereocenters. The summed E-state index contributed by atoms with van der Waals surface area (Å²) in [5.41, 5.74) is 0.899. The molecular weight excluding hydrogens is 296 g/mol. The molecule has 0 radical (unpaired) electrons. The van der Waals surface area contributed by atoms with Crippen LogP contribution in [0.2, 0.25) is 0 Å². The van der Waals surface area contributed by atoms with Crippen molar-refractivity contribution >= 4 is 46.8 Å². The largest absolute Gasteiger partial charge is 0.357 e. The maximum Gasteiger partial charge on any atom is 0.246 e. The Morgan fingerprint density at radius 1 is 1.33 bits per heavy atom. The highest BCUT2D eigenvalue weighted by molar-refractivity contribution is 6.68. The summed E-state index contributed by atoms with van der Waals surface area (Å²) < 4.78 is 3.16. The Balaban J connectivity index is 2.59. The fourth-order valence-electron chi connectivity index (χ4n) is 1.19. The van der Waals surface area contributed by atoms with Gasteiger partial charge in [-0.1, -0.05) is 65.1 Å². The number of ether oxygens (including phenoxy) is 1. The first kappa shape index (κ1) is 15.3. The van der Waals surface area contributed by atoms with Crippen molar-refractivity contribution in [2.75, 3.05) is 7.11 Å². The zero-order valence-corrected chi connectivity index (χ0v) is 11.8. The molecule has 98 valence electrons. The molecule has 6 heteroatoms. The zero-order chi connectivity index (χ0) is 13.6. The molecule has 1 atom stereocenters. The fourth-order valence-corrected chi connectivity index (χ4v) is 1.62. The lowest BCUT2D eigenvalue weighted by Gasteiger charge is -2.23. The molecule has 1 N–H and O–H groups in total. The normalized spacial score (nSPS) is 13.6. The smallest absolute Gasteiger partial charge is 0.246 e. The summed E-state index contributed by atoms with van der Waals surface area (Å²) in [4.78, 5) is 11.6. The van der Waals surface area contributed by atoms with Crippen molar-refractivity contribution in [3.63, 3.8) is 0 Å². The van der Waals surface area contributed by atoms with E-state index in [1.165, 1.54) is 13.2 Å². The second-order valence-electron chi connectivity index (χ2n) is 3.41. The lowest BCUT2D eigenvalue weighted by molar-refractivity contribution is -0.119. The minimum Gasteiger partial charge on any atom is -0.357 e. The third-order valence-corrected chi connectivity index (χ3v) is 2.63. The third-order valence-electron chi connectivity index (χ3n) is 2.03. The standard InChI is InChI=1S/C12H12Cl3NO2/c1-18-11(12(13,14)15)16-10(17)8-7-9-5-3-2-4-6-9/h2-8,11H,1H3,(H,16,17)/b8-7+/t11-/m0/s1. The molecule has 0 aliphatic heterocycles. The first-order valence-corrected chi connectivity index (χ1v) is 6.20. The van der Waals surface area contributed by atoms with Gasteiger partial charge in [-0.15, -0.1) is 0 Å². The van der Waals surface area contributed by atoms with Crippen LogP contribution in [0.3, 0.4) is 0 Å². The van der Waals surface area contributed by atoms with Gasteiger partial charge in [0.1, 0.15) is 0 Å². The van der Waals surface area contributed by atoms with Gasteiger partial charge in [-0.2, -0.15) is 0 Å². The summed E-state index contributed by atoms with van der Waals surface area (Å²) in [6.07, 6.45) is 1.99. The van der Waals surface area contributed by atoms with Crippen molar-refractivity contribution in [3.8, 4) is 0 Å². The summed E-state index contributed by atoms with van der Waals surface area (Å²) in [7, 11) is 1.34. The molecule has 0 saturated carbocycles. The van der Waals surface area contributed by atoms with Crippen molar-refractivity contribution in [2.45, 2.75) is 10.0 Å². The molecule has 1 amide bonds. The number of halogens is 3. The van der Waals surface area contributed by atoms with Gasteiger partial charge in [0.15, 0.2) is 6.23 Å². The Labute approximate surface area is 121 Å². The molecule has 1 aromatic rings. The summed E-state index contributed by atoms with van der Waals surface area (Å²) in [5.74, 6) is -0.406. The van der Waals surface area contributed by atoms with Crippen LogP contribution in [0, 0.1) is 0 Å². The van der Waals surface area contributed by atoms with Gasteiger partial charge >= 0.3 is 0 Å². The van der Waals surface area contributed by atoms with Crippen LogP contribution in [-0.2, 0) is 9.53 Å². The lowest BCUT2D eigenvalue weighted by atomic mass is 10.2. The van der Waals surface area contributed by atoms with Gasteiger partial charge in [-0.25, -0.2) is 0 Å². The van der Waals surface area contributed by atoms with Crippen LogP contribution in [0.15, 0.2) is 36.4 Å². The van der Waals surface area contributed by atoms with E-state index < -0.39 is 15.9 Å². The van der Waals surface area contributed by atoms with Crippen LogP contribution in [0.1, 0.15) is 5.56 Å². The van der Waals surface area contributed by atoms with Gasteiger partial charge in [-0.3, -0.25) is 4.79 Å². The lowest BCUT2D eigenvalue weighted by Crippen LogP contribution is -2.44. The van der Waals surface area contributed by atoms with Crippen LogP contribution < -0.4 is 5.32 Å². The van der Waals surface area contributed by atoms with Crippen LogP contribution in [0.4, 0.5) is 0 Å². The molecule has 0 bridgehead atoms. The highest BCUT2D eigenvalue weighted by atomic mass is 35.6. The van der Waals surface area contributed by atoms with E-state index in [9.17, 15) is 4.79 Å². The van der Waals surface area contributed by atoms with Crippen molar-refractivity contribution < 1.29 is 9.53 Å². The van der Waals surface area contributed by atoms with E-state index in [-0.39, 0.29) is 0 Å². The number of carbonyl (C=O) groups is 1. The van der Waals surface area contributed by atoms with Crippen molar-refractivity contribution in [1.29, 1.82) is 0 Å². The second kappa shape index (κ2) is 7.00. The predicted molar refractivity (Wildman–Crippen MR) is 74.7 cm³/mol. The molecule has 3 nitrogen and oxygen atoms in total. The second-order valence-corrected chi connectivity index (χ2v) is 5.78. The number of benzene rings is 1. The van der Waals surface area contributed by atoms with Crippen molar-refractivity contribution in [1.82, 2.24) is 5.32 Å². The summed E-state index contributed by atoms with van der Waals surface area (Å²) in [6.45, 7) is 0. The molecule has 0 aliphatic rings. The Hall–Kier alpha value is -0.740. The van der Waals surface area contributed by atoms with Gasteiger partial charge in [0.25, 0.3) is 0 Å². The molecular formula is C12H12Cl3NO2. The van der Waals surface area contributed by atoms with Crippen molar-refractivity contribution in [2.24, 2.45) is 0 Å². The van der Waals surface area contributed by atoms with Gasteiger partial charge in [0.05, 0.1) is 0 Å². The maximum atomic E-state index is 11.6. The Kier molecular flexibility index (Phi) is 5.96. The van der Waals surface area contributed by atoms with Gasteiger partial charge < -0.3 is 10.1 Å². The average Bonchev–Trinajstić information content (AvgIpc) is 2.33. The van der Waals surface area contributed by atoms with E-state index in [2.05, 4.69) is 5.32 Å². The molecule has 1 aromatic carbocycles. The molecule has 0 aliphatic carbocycles. The highest BCUT2D eigenvalue weighted by Crippen LogP contribution is 2.30. The number of amides is 1. The van der Waals surface area contributed by atoms with Gasteiger partial charge in [-0.05, 0) is 11.6 Å². The number of carbonyl (C=O) groups excluding carboxylic acids is 1. The van der Waals surface area contributed by atoms with E-state index in [4.69, 9.17) is 39.5 Å². The molecule has 0 spiro atoms. The minimum atomic E-state index is -1.72. The Bertz CT molecular complexity index is 415. The number of hydrogen-bond donors (Lipinski definition) is 1. The first-order valence-electron chi connectivity index (χ1n) is 5.06. The van der Waals surface area contributed by atoms with Crippen molar-refractivity contribution in [3.05, 3.63) is 42.0 Å². The molecule has 0 aromatic heterocycles. The monoisotopic (exact) mass is 307 g/mol. The molecule has 1 rings (SSSR count). The first-order chi connectivity index (χ1) is 8.43. The number of methoxy groups -OCH3 is 1. The van der Waals surface area contributed by atoms with E-state index in [1.54, 1.807) is 6.08 Å².